The van der Waals surface area contributed by atoms with Crippen LogP contribution in [0, 0.1) is 6.92 Å². The number of carbonyl (C=O) groups excluding carboxylic acids is 3. The van der Waals surface area contributed by atoms with Crippen LogP contribution >= 0.6 is 0 Å². The fourth-order valence-electron chi connectivity index (χ4n) is 2.67. The van der Waals surface area contributed by atoms with Crippen molar-refractivity contribution in [2.75, 3.05) is 6.61 Å². The Hall–Kier alpha value is -2.37. The van der Waals surface area contributed by atoms with E-state index in [1.165, 1.54) is 0 Å². The van der Waals surface area contributed by atoms with Crippen molar-refractivity contribution in [2.45, 2.75) is 51.6 Å². The van der Waals surface area contributed by atoms with E-state index in [-0.39, 0.29) is 18.4 Å². The van der Waals surface area contributed by atoms with Gasteiger partial charge in [-0.25, -0.2) is 4.79 Å². The van der Waals surface area contributed by atoms with Gasteiger partial charge in [-0.2, -0.15) is 0 Å². The van der Waals surface area contributed by atoms with Gasteiger partial charge in [0.2, 0.25) is 11.8 Å². The van der Waals surface area contributed by atoms with Gasteiger partial charge in [-0.3, -0.25) is 9.59 Å². The Bertz CT molecular complexity index is 598. The minimum atomic E-state index is -0.765. The zero-order chi connectivity index (χ0) is 17.5. The number of benzene rings is 1. The van der Waals surface area contributed by atoms with Crippen molar-refractivity contribution in [1.82, 2.24) is 10.6 Å². The van der Waals surface area contributed by atoms with Gasteiger partial charge in [0.25, 0.3) is 0 Å². The first-order valence-corrected chi connectivity index (χ1v) is 8.31. The van der Waals surface area contributed by atoms with Gasteiger partial charge < -0.3 is 15.4 Å². The topological polar surface area (TPSA) is 84.5 Å². The standard InChI is InChI=1S/C18H24N2O4/c1-3-24-18(23)15(11-13-9-7-12(2)8-10-13)20-17(22)14-5-4-6-16(21)19-14/h7-10,14-15H,3-6,11H2,1-2H3,(H,19,21)(H,20,22)/t14-,15-/m1/s1. The Morgan fingerprint density at radius 3 is 2.67 bits per heavy atom. The number of nitrogens with one attached hydrogen (secondary N) is 2. The summed E-state index contributed by atoms with van der Waals surface area (Å²) in [5, 5.41) is 5.39. The molecule has 2 atom stereocenters. The van der Waals surface area contributed by atoms with Gasteiger partial charge in [0.1, 0.15) is 12.1 Å². The van der Waals surface area contributed by atoms with Gasteiger partial charge in [-0.1, -0.05) is 29.8 Å². The zero-order valence-corrected chi connectivity index (χ0v) is 14.1. The smallest absolute Gasteiger partial charge is 0.328 e. The summed E-state index contributed by atoms with van der Waals surface area (Å²) in [5.74, 6) is -0.936. The molecule has 0 unspecified atom stereocenters. The minimum Gasteiger partial charge on any atom is -0.464 e. The summed E-state index contributed by atoms with van der Waals surface area (Å²) in [6.45, 7) is 3.96. The van der Waals surface area contributed by atoms with E-state index < -0.39 is 18.1 Å². The monoisotopic (exact) mass is 332 g/mol. The summed E-state index contributed by atoms with van der Waals surface area (Å²) in [5.41, 5.74) is 2.06. The van der Waals surface area contributed by atoms with Crippen LogP contribution in [0.4, 0.5) is 0 Å². The van der Waals surface area contributed by atoms with Gasteiger partial charge in [0.15, 0.2) is 0 Å². The lowest BCUT2D eigenvalue weighted by Gasteiger charge is -2.25. The van der Waals surface area contributed by atoms with E-state index in [4.69, 9.17) is 4.74 Å². The van der Waals surface area contributed by atoms with Crippen molar-refractivity contribution in [2.24, 2.45) is 0 Å². The van der Waals surface area contributed by atoms with Crippen molar-refractivity contribution in [3.05, 3.63) is 35.4 Å². The molecule has 0 spiro atoms. The second kappa shape index (κ2) is 8.47. The molecular weight excluding hydrogens is 308 g/mol. The molecule has 24 heavy (non-hydrogen) atoms. The summed E-state index contributed by atoms with van der Waals surface area (Å²) >= 11 is 0. The largest absolute Gasteiger partial charge is 0.464 e. The Kier molecular flexibility index (Phi) is 6.35. The summed E-state index contributed by atoms with van der Waals surface area (Å²) < 4.78 is 5.07. The molecule has 0 aliphatic carbocycles. The number of hydrogen-bond donors (Lipinski definition) is 2. The molecule has 1 aromatic rings. The Morgan fingerprint density at radius 2 is 2.04 bits per heavy atom. The number of ether oxygens (including phenoxy) is 1. The first-order chi connectivity index (χ1) is 11.5. The third-order valence-electron chi connectivity index (χ3n) is 4.00. The zero-order valence-electron chi connectivity index (χ0n) is 14.1. The lowest BCUT2D eigenvalue weighted by atomic mass is 10.0. The Morgan fingerprint density at radius 1 is 1.33 bits per heavy atom. The molecule has 0 radical (unpaired) electrons. The quantitative estimate of drug-likeness (QED) is 0.768. The average molecular weight is 332 g/mol. The molecular formula is C18H24N2O4. The lowest BCUT2D eigenvalue weighted by molar-refractivity contribution is -0.147. The van der Waals surface area contributed by atoms with Crippen molar-refractivity contribution >= 4 is 17.8 Å². The van der Waals surface area contributed by atoms with Crippen molar-refractivity contribution in [3.63, 3.8) is 0 Å². The number of hydrogen-bond acceptors (Lipinski definition) is 4. The van der Waals surface area contributed by atoms with E-state index in [1.807, 2.05) is 31.2 Å². The summed E-state index contributed by atoms with van der Waals surface area (Å²) in [6, 6.07) is 6.42. The van der Waals surface area contributed by atoms with Crippen molar-refractivity contribution < 1.29 is 19.1 Å². The van der Waals surface area contributed by atoms with Crippen LogP contribution in [0.25, 0.3) is 0 Å². The Balaban J connectivity index is 2.04. The van der Waals surface area contributed by atoms with Crippen LogP contribution in [-0.4, -0.2) is 36.5 Å². The van der Waals surface area contributed by atoms with Gasteiger partial charge in [-0.15, -0.1) is 0 Å². The predicted molar refractivity (Wildman–Crippen MR) is 89.2 cm³/mol. The molecule has 2 amide bonds. The van der Waals surface area contributed by atoms with Crippen LogP contribution in [0.15, 0.2) is 24.3 Å². The fourth-order valence-corrected chi connectivity index (χ4v) is 2.67. The van der Waals surface area contributed by atoms with Gasteiger partial charge in [-0.05, 0) is 32.3 Å². The third-order valence-corrected chi connectivity index (χ3v) is 4.00. The van der Waals surface area contributed by atoms with Gasteiger partial charge in [0, 0.05) is 12.8 Å². The number of amides is 2. The van der Waals surface area contributed by atoms with Crippen molar-refractivity contribution in [1.29, 1.82) is 0 Å². The molecule has 1 saturated heterocycles. The van der Waals surface area contributed by atoms with Crippen LogP contribution in [0.3, 0.4) is 0 Å². The summed E-state index contributed by atoms with van der Waals surface area (Å²) in [7, 11) is 0. The van der Waals surface area contributed by atoms with E-state index in [9.17, 15) is 14.4 Å². The molecule has 6 nitrogen and oxygen atoms in total. The number of aryl methyl sites for hydroxylation is 1. The molecule has 1 fully saturated rings. The maximum Gasteiger partial charge on any atom is 0.328 e. The van der Waals surface area contributed by atoms with E-state index >= 15 is 0 Å². The second-order valence-electron chi connectivity index (χ2n) is 6.02. The molecule has 1 aliphatic rings. The average Bonchev–Trinajstić information content (AvgIpc) is 2.56. The predicted octanol–water partition coefficient (Wildman–Crippen LogP) is 1.25. The molecule has 0 saturated carbocycles. The highest BCUT2D eigenvalue weighted by atomic mass is 16.5. The fraction of sp³-hybridized carbons (Fsp3) is 0.500. The number of esters is 1. The molecule has 0 aromatic heterocycles. The second-order valence-corrected chi connectivity index (χ2v) is 6.02. The van der Waals surface area contributed by atoms with Gasteiger partial charge in [0.05, 0.1) is 6.61 Å². The molecule has 1 aliphatic heterocycles. The molecule has 2 N–H and O–H groups in total. The van der Waals surface area contributed by atoms with Crippen LogP contribution in [0.2, 0.25) is 0 Å². The van der Waals surface area contributed by atoms with Crippen LogP contribution in [0.1, 0.15) is 37.3 Å². The SMILES string of the molecule is CCOC(=O)[C@@H](Cc1ccc(C)cc1)NC(=O)[C@H]1CCCC(=O)N1. The first-order valence-electron chi connectivity index (χ1n) is 8.31. The van der Waals surface area contributed by atoms with Crippen LogP contribution < -0.4 is 10.6 Å². The minimum absolute atomic E-state index is 0.132. The highest BCUT2D eigenvalue weighted by molar-refractivity contribution is 5.91. The molecule has 2 rings (SSSR count). The van der Waals surface area contributed by atoms with E-state index in [1.54, 1.807) is 6.92 Å². The van der Waals surface area contributed by atoms with Gasteiger partial charge >= 0.3 is 5.97 Å². The highest BCUT2D eigenvalue weighted by Crippen LogP contribution is 2.11. The normalized spacial score (nSPS) is 18.4. The first kappa shape index (κ1) is 18.0. The summed E-state index contributed by atoms with van der Waals surface area (Å²) in [6.07, 6.45) is 2.05. The molecule has 1 aromatic carbocycles. The lowest BCUT2D eigenvalue weighted by Crippen LogP contribution is -2.53. The number of piperidine rings is 1. The van der Waals surface area contributed by atoms with E-state index in [0.717, 1.165) is 11.1 Å². The molecule has 130 valence electrons. The third kappa shape index (κ3) is 5.08. The molecule has 6 heteroatoms. The van der Waals surface area contributed by atoms with E-state index in [0.29, 0.717) is 25.7 Å². The van der Waals surface area contributed by atoms with Crippen molar-refractivity contribution in [3.8, 4) is 0 Å². The number of carbonyl (C=O) groups is 3. The number of rotatable bonds is 6. The summed E-state index contributed by atoms with van der Waals surface area (Å²) in [4.78, 5) is 36.0. The molecule has 0 bridgehead atoms. The maximum atomic E-state index is 12.4. The van der Waals surface area contributed by atoms with E-state index in [2.05, 4.69) is 10.6 Å². The van der Waals surface area contributed by atoms with Crippen LogP contribution in [-0.2, 0) is 25.5 Å². The molecule has 1 heterocycles. The van der Waals surface area contributed by atoms with Crippen LogP contribution in [0.5, 0.6) is 0 Å². The Labute approximate surface area is 142 Å². The maximum absolute atomic E-state index is 12.4. The highest BCUT2D eigenvalue weighted by Gasteiger charge is 2.29.